The molecule has 0 saturated heterocycles. The lowest BCUT2D eigenvalue weighted by molar-refractivity contribution is 0.0675. The molecule has 15 heavy (non-hydrogen) atoms. The summed E-state index contributed by atoms with van der Waals surface area (Å²) in [6, 6.07) is 0.849. The van der Waals surface area contributed by atoms with Crippen LogP contribution < -0.4 is 5.73 Å². The molecule has 0 radical (unpaired) electrons. The smallest absolute Gasteiger partial charge is 0.0334 e. The van der Waals surface area contributed by atoms with Crippen molar-refractivity contribution in [1.29, 1.82) is 0 Å². The van der Waals surface area contributed by atoms with E-state index in [9.17, 15) is 0 Å². The van der Waals surface area contributed by atoms with Crippen molar-refractivity contribution in [1.82, 2.24) is 4.90 Å². The number of hydrogen-bond donors (Lipinski definition) is 1. The Bertz CT molecular complexity index is 219. The highest BCUT2D eigenvalue weighted by molar-refractivity contribution is 5.04. The summed E-state index contributed by atoms with van der Waals surface area (Å²) < 4.78 is 0. The molecule has 0 aliphatic heterocycles. The van der Waals surface area contributed by atoms with Crippen molar-refractivity contribution >= 4 is 0 Å². The molecule has 1 atom stereocenters. The summed E-state index contributed by atoms with van der Waals surface area (Å²) in [6.45, 7) is 9.10. The molecule has 0 spiro atoms. The van der Waals surface area contributed by atoms with E-state index in [1.165, 1.54) is 32.2 Å². The zero-order chi connectivity index (χ0) is 11.1. The Morgan fingerprint density at radius 2 is 1.87 bits per heavy atom. The third-order valence-corrected chi connectivity index (χ3v) is 4.08. The molecule has 1 unspecified atom stereocenters. The van der Waals surface area contributed by atoms with Gasteiger partial charge < -0.3 is 5.73 Å². The Labute approximate surface area is 94.2 Å². The third-order valence-electron chi connectivity index (χ3n) is 4.08. The molecule has 2 N–H and O–H groups in total. The molecule has 2 saturated carbocycles. The summed E-state index contributed by atoms with van der Waals surface area (Å²) in [5.74, 6) is 1.64. The largest absolute Gasteiger partial charge is 0.329 e. The van der Waals surface area contributed by atoms with Crippen molar-refractivity contribution in [2.24, 2.45) is 17.6 Å². The van der Waals surface area contributed by atoms with Crippen molar-refractivity contribution in [2.45, 2.75) is 58.0 Å². The van der Waals surface area contributed by atoms with E-state index in [-0.39, 0.29) is 0 Å². The molecule has 0 aromatic carbocycles. The second-order valence-corrected chi connectivity index (χ2v) is 6.11. The molecular weight excluding hydrogens is 184 g/mol. The SMILES string of the molecule is CC(C)CN(C1CC1)C(C)(CN)C1CC1. The van der Waals surface area contributed by atoms with Gasteiger partial charge in [-0.25, -0.2) is 0 Å². The van der Waals surface area contributed by atoms with Crippen LogP contribution in [0.4, 0.5) is 0 Å². The normalized spacial score (nSPS) is 26.0. The molecule has 2 nitrogen and oxygen atoms in total. The van der Waals surface area contributed by atoms with Crippen LogP contribution in [0.3, 0.4) is 0 Å². The zero-order valence-corrected chi connectivity index (χ0v) is 10.5. The van der Waals surface area contributed by atoms with E-state index >= 15 is 0 Å². The Kier molecular flexibility index (Phi) is 3.09. The number of hydrogen-bond acceptors (Lipinski definition) is 2. The average molecular weight is 210 g/mol. The maximum atomic E-state index is 6.05. The maximum Gasteiger partial charge on any atom is 0.0334 e. The first-order chi connectivity index (χ1) is 7.08. The molecule has 2 fully saturated rings. The summed E-state index contributed by atoms with van der Waals surface area (Å²) in [5.41, 5.74) is 6.35. The molecule has 2 heteroatoms. The van der Waals surface area contributed by atoms with Crippen LogP contribution in [0.5, 0.6) is 0 Å². The van der Waals surface area contributed by atoms with Gasteiger partial charge in [0.05, 0.1) is 0 Å². The number of nitrogens with two attached hydrogens (primary N) is 1. The first kappa shape index (κ1) is 11.4. The monoisotopic (exact) mass is 210 g/mol. The first-order valence-corrected chi connectivity index (χ1v) is 6.54. The maximum absolute atomic E-state index is 6.05. The van der Waals surface area contributed by atoms with Gasteiger partial charge in [-0.1, -0.05) is 13.8 Å². The Morgan fingerprint density at radius 3 is 2.20 bits per heavy atom. The fraction of sp³-hybridized carbons (Fsp3) is 1.00. The summed E-state index contributed by atoms with van der Waals surface area (Å²) in [7, 11) is 0. The van der Waals surface area contributed by atoms with Gasteiger partial charge in [-0.15, -0.1) is 0 Å². The highest BCUT2D eigenvalue weighted by Gasteiger charge is 2.48. The topological polar surface area (TPSA) is 29.3 Å². The Balaban J connectivity index is 2.06. The van der Waals surface area contributed by atoms with E-state index in [2.05, 4.69) is 25.7 Å². The Hall–Kier alpha value is -0.0800. The van der Waals surface area contributed by atoms with Crippen molar-refractivity contribution in [3.63, 3.8) is 0 Å². The van der Waals surface area contributed by atoms with Crippen LogP contribution in [-0.2, 0) is 0 Å². The fourth-order valence-electron chi connectivity index (χ4n) is 2.78. The van der Waals surface area contributed by atoms with Gasteiger partial charge in [0.25, 0.3) is 0 Å². The molecule has 0 aromatic heterocycles. The quantitative estimate of drug-likeness (QED) is 0.728. The highest BCUT2D eigenvalue weighted by atomic mass is 15.3. The van der Waals surface area contributed by atoms with Crippen LogP contribution >= 0.6 is 0 Å². The predicted octanol–water partition coefficient (Wildman–Crippen LogP) is 2.23. The molecule has 2 rings (SSSR count). The van der Waals surface area contributed by atoms with Gasteiger partial charge >= 0.3 is 0 Å². The van der Waals surface area contributed by atoms with E-state index < -0.39 is 0 Å². The second-order valence-electron chi connectivity index (χ2n) is 6.11. The zero-order valence-electron chi connectivity index (χ0n) is 10.5. The molecule has 2 aliphatic rings. The molecule has 0 amide bonds. The van der Waals surface area contributed by atoms with E-state index in [4.69, 9.17) is 5.73 Å². The highest BCUT2D eigenvalue weighted by Crippen LogP contribution is 2.46. The minimum absolute atomic E-state index is 0.297. The average Bonchev–Trinajstić information content (AvgIpc) is 3.05. The minimum atomic E-state index is 0.297. The predicted molar refractivity (Wildman–Crippen MR) is 64.7 cm³/mol. The van der Waals surface area contributed by atoms with E-state index in [0.29, 0.717) is 5.54 Å². The van der Waals surface area contributed by atoms with Gasteiger partial charge in [-0.2, -0.15) is 0 Å². The van der Waals surface area contributed by atoms with Gasteiger partial charge in [0, 0.05) is 24.7 Å². The van der Waals surface area contributed by atoms with Gasteiger partial charge in [-0.3, -0.25) is 4.90 Å². The first-order valence-electron chi connectivity index (χ1n) is 6.54. The molecule has 2 aliphatic carbocycles. The number of rotatable bonds is 6. The lowest BCUT2D eigenvalue weighted by atomic mass is 9.92. The van der Waals surface area contributed by atoms with Gasteiger partial charge in [0.2, 0.25) is 0 Å². The standard InChI is InChI=1S/C13H26N2/c1-10(2)8-15(12-6-7-12)13(3,9-14)11-4-5-11/h10-12H,4-9,14H2,1-3H3. The fourth-order valence-corrected chi connectivity index (χ4v) is 2.78. The van der Waals surface area contributed by atoms with Crippen molar-refractivity contribution in [2.75, 3.05) is 13.1 Å². The lowest BCUT2D eigenvalue weighted by Crippen LogP contribution is -2.55. The van der Waals surface area contributed by atoms with Gasteiger partial charge in [0.15, 0.2) is 0 Å². The molecule has 0 aromatic rings. The summed E-state index contributed by atoms with van der Waals surface area (Å²) >= 11 is 0. The summed E-state index contributed by atoms with van der Waals surface area (Å²) in [4.78, 5) is 2.73. The van der Waals surface area contributed by atoms with Crippen LogP contribution in [-0.4, -0.2) is 29.6 Å². The van der Waals surface area contributed by atoms with Crippen molar-refractivity contribution in [3.8, 4) is 0 Å². The minimum Gasteiger partial charge on any atom is -0.329 e. The summed E-state index contributed by atoms with van der Waals surface area (Å²) in [6.07, 6.45) is 5.59. The molecular formula is C13H26N2. The Morgan fingerprint density at radius 1 is 1.27 bits per heavy atom. The van der Waals surface area contributed by atoms with Crippen molar-refractivity contribution < 1.29 is 0 Å². The molecule has 0 heterocycles. The van der Waals surface area contributed by atoms with Crippen LogP contribution in [0.25, 0.3) is 0 Å². The van der Waals surface area contributed by atoms with Crippen LogP contribution in [0.1, 0.15) is 46.5 Å². The summed E-state index contributed by atoms with van der Waals surface area (Å²) in [5, 5.41) is 0. The lowest BCUT2D eigenvalue weighted by Gasteiger charge is -2.42. The van der Waals surface area contributed by atoms with E-state index in [0.717, 1.165) is 24.4 Å². The molecule has 0 bridgehead atoms. The second kappa shape index (κ2) is 4.06. The van der Waals surface area contributed by atoms with Crippen LogP contribution in [0.15, 0.2) is 0 Å². The van der Waals surface area contributed by atoms with E-state index in [1.54, 1.807) is 0 Å². The third kappa shape index (κ3) is 2.36. The van der Waals surface area contributed by atoms with Gasteiger partial charge in [0.1, 0.15) is 0 Å². The van der Waals surface area contributed by atoms with Gasteiger partial charge in [-0.05, 0) is 44.4 Å². The van der Waals surface area contributed by atoms with E-state index in [1.807, 2.05) is 0 Å². The van der Waals surface area contributed by atoms with Crippen molar-refractivity contribution in [3.05, 3.63) is 0 Å². The number of nitrogens with zero attached hydrogens (tertiary/aromatic N) is 1. The molecule has 88 valence electrons. The van der Waals surface area contributed by atoms with Crippen LogP contribution in [0, 0.1) is 11.8 Å². The van der Waals surface area contributed by atoms with Crippen LogP contribution in [0.2, 0.25) is 0 Å².